The molecule has 1 aromatic heterocycles. The van der Waals surface area contributed by atoms with E-state index in [1.165, 1.54) is 10.9 Å². The number of carboxylic acid groups (broad SMARTS) is 1. The fourth-order valence-corrected chi connectivity index (χ4v) is 2.16. The number of rotatable bonds is 6. The highest BCUT2D eigenvalue weighted by Gasteiger charge is 2.29. The Balaban J connectivity index is 2.83. The van der Waals surface area contributed by atoms with Crippen LogP contribution in [-0.4, -0.2) is 33.3 Å². The zero-order valence-corrected chi connectivity index (χ0v) is 13.0. The zero-order chi connectivity index (χ0) is 16.2. The molecule has 1 rings (SSSR count). The maximum absolute atomic E-state index is 12.3. The van der Waals surface area contributed by atoms with Gasteiger partial charge in [0.1, 0.15) is 0 Å². The van der Waals surface area contributed by atoms with E-state index in [2.05, 4.69) is 10.4 Å². The first-order valence-corrected chi connectivity index (χ1v) is 6.86. The third kappa shape index (κ3) is 5.18. The Morgan fingerprint density at radius 1 is 1.48 bits per heavy atom. The molecule has 0 radical (unpaired) electrons. The van der Waals surface area contributed by atoms with Crippen LogP contribution in [-0.2, 0) is 16.6 Å². The minimum absolute atomic E-state index is 0.0611. The van der Waals surface area contributed by atoms with Gasteiger partial charge in [-0.3, -0.25) is 9.48 Å². The normalized spacial score (nSPS) is 14.5. The lowest BCUT2D eigenvalue weighted by molar-refractivity contribution is -0.142. The van der Waals surface area contributed by atoms with E-state index in [4.69, 9.17) is 5.73 Å². The van der Waals surface area contributed by atoms with E-state index < -0.39 is 17.9 Å². The molecule has 7 nitrogen and oxygen atoms in total. The van der Waals surface area contributed by atoms with Gasteiger partial charge in [0, 0.05) is 25.4 Å². The van der Waals surface area contributed by atoms with Crippen LogP contribution in [0.3, 0.4) is 0 Å². The number of nitrogens with zero attached hydrogens (tertiary/aromatic N) is 2. The summed E-state index contributed by atoms with van der Waals surface area (Å²) in [6, 6.07) is -1.11. The molecule has 0 saturated carbocycles. The van der Waals surface area contributed by atoms with Crippen LogP contribution in [0.15, 0.2) is 12.4 Å². The molecule has 0 spiro atoms. The lowest BCUT2D eigenvalue weighted by Crippen LogP contribution is -2.41. The van der Waals surface area contributed by atoms with Crippen LogP contribution in [0.5, 0.6) is 0 Å². The molecule has 0 aliphatic rings. The van der Waals surface area contributed by atoms with E-state index in [1.807, 2.05) is 20.8 Å². The summed E-state index contributed by atoms with van der Waals surface area (Å²) in [7, 11) is 1.69. The molecule has 4 N–H and O–H groups in total. The van der Waals surface area contributed by atoms with Crippen LogP contribution in [0, 0.1) is 11.3 Å². The molecule has 1 heterocycles. The topological polar surface area (TPSA) is 110 Å². The van der Waals surface area contributed by atoms with Crippen molar-refractivity contribution in [3.05, 3.63) is 18.0 Å². The predicted octanol–water partition coefficient (Wildman–Crippen LogP) is 0.673. The average Bonchev–Trinajstić information content (AvgIpc) is 2.77. The summed E-state index contributed by atoms with van der Waals surface area (Å²) in [4.78, 5) is 23.6. The van der Waals surface area contributed by atoms with Gasteiger partial charge in [-0.15, -0.1) is 0 Å². The smallest absolute Gasteiger partial charge is 0.331 e. The standard InChI is InChI=1S/C14H24N4O3/c1-14(2,3)5-9(6-15)12(19)17-11(13(20)21)10-7-16-18(4)8-10/h7-9,11H,5-6,15H2,1-4H3,(H,17,19)(H,20,21). The Morgan fingerprint density at radius 3 is 2.48 bits per heavy atom. The van der Waals surface area contributed by atoms with Gasteiger partial charge in [-0.05, 0) is 11.8 Å². The molecule has 118 valence electrons. The zero-order valence-electron chi connectivity index (χ0n) is 13.0. The molecule has 0 saturated heterocycles. The quantitative estimate of drug-likeness (QED) is 0.714. The second-order valence-corrected chi connectivity index (χ2v) is 6.42. The van der Waals surface area contributed by atoms with Gasteiger partial charge in [0.05, 0.1) is 12.1 Å². The van der Waals surface area contributed by atoms with E-state index >= 15 is 0 Å². The Morgan fingerprint density at radius 2 is 2.10 bits per heavy atom. The summed E-state index contributed by atoms with van der Waals surface area (Å²) >= 11 is 0. The highest BCUT2D eigenvalue weighted by atomic mass is 16.4. The summed E-state index contributed by atoms with van der Waals surface area (Å²) in [6.45, 7) is 6.22. The van der Waals surface area contributed by atoms with Gasteiger partial charge in [0.25, 0.3) is 0 Å². The first-order chi connectivity index (χ1) is 9.64. The van der Waals surface area contributed by atoms with Gasteiger partial charge in [0.15, 0.2) is 6.04 Å². The third-order valence-corrected chi connectivity index (χ3v) is 3.11. The third-order valence-electron chi connectivity index (χ3n) is 3.11. The Bertz CT molecular complexity index is 505. The number of carbonyl (C=O) groups is 2. The number of hydrogen-bond acceptors (Lipinski definition) is 4. The van der Waals surface area contributed by atoms with Crippen molar-refractivity contribution < 1.29 is 14.7 Å². The lowest BCUT2D eigenvalue weighted by Gasteiger charge is -2.25. The summed E-state index contributed by atoms with van der Waals surface area (Å²) in [6.07, 6.45) is 3.59. The number of nitrogens with one attached hydrogen (secondary N) is 1. The van der Waals surface area contributed by atoms with Gasteiger partial charge < -0.3 is 16.2 Å². The second kappa shape index (κ2) is 6.71. The number of hydrogen-bond donors (Lipinski definition) is 3. The number of carbonyl (C=O) groups excluding carboxylic acids is 1. The van der Waals surface area contributed by atoms with Crippen molar-refractivity contribution in [3.8, 4) is 0 Å². The largest absolute Gasteiger partial charge is 0.479 e. The van der Waals surface area contributed by atoms with Crippen LogP contribution in [0.25, 0.3) is 0 Å². The average molecular weight is 296 g/mol. The van der Waals surface area contributed by atoms with Gasteiger partial charge in [-0.25, -0.2) is 4.79 Å². The monoisotopic (exact) mass is 296 g/mol. The number of aliphatic carboxylic acids is 1. The molecule has 21 heavy (non-hydrogen) atoms. The Kier molecular flexibility index (Phi) is 5.48. The Hall–Kier alpha value is -1.89. The van der Waals surface area contributed by atoms with E-state index in [-0.39, 0.29) is 17.9 Å². The summed E-state index contributed by atoms with van der Waals surface area (Å²) in [5, 5.41) is 15.8. The minimum Gasteiger partial charge on any atom is -0.479 e. The van der Waals surface area contributed by atoms with Gasteiger partial charge in [0.2, 0.25) is 5.91 Å². The molecule has 1 amide bonds. The van der Waals surface area contributed by atoms with Crippen LogP contribution < -0.4 is 11.1 Å². The lowest BCUT2D eigenvalue weighted by atomic mass is 9.84. The fraction of sp³-hybridized carbons (Fsp3) is 0.643. The van der Waals surface area contributed by atoms with Crippen LogP contribution >= 0.6 is 0 Å². The number of aromatic nitrogens is 2. The molecule has 0 aliphatic heterocycles. The number of carboxylic acids is 1. The molecular formula is C14H24N4O3. The number of amides is 1. The maximum Gasteiger partial charge on any atom is 0.331 e. The van der Waals surface area contributed by atoms with E-state index in [0.717, 1.165) is 0 Å². The van der Waals surface area contributed by atoms with Crippen molar-refractivity contribution in [2.75, 3.05) is 6.54 Å². The first kappa shape index (κ1) is 17.2. The highest BCUT2D eigenvalue weighted by molar-refractivity contribution is 5.85. The van der Waals surface area contributed by atoms with Crippen molar-refractivity contribution in [2.24, 2.45) is 24.1 Å². The van der Waals surface area contributed by atoms with Crippen LogP contribution in [0.1, 0.15) is 38.8 Å². The SMILES string of the molecule is Cn1cc(C(NC(=O)C(CN)CC(C)(C)C)C(=O)O)cn1. The van der Waals surface area contributed by atoms with E-state index in [9.17, 15) is 14.7 Å². The van der Waals surface area contributed by atoms with Crippen molar-refractivity contribution in [1.29, 1.82) is 0 Å². The molecule has 0 aliphatic carbocycles. The van der Waals surface area contributed by atoms with Gasteiger partial charge in [-0.1, -0.05) is 20.8 Å². The van der Waals surface area contributed by atoms with E-state index in [1.54, 1.807) is 13.2 Å². The summed E-state index contributed by atoms with van der Waals surface area (Å²) in [5.41, 5.74) is 6.02. The molecule has 2 atom stereocenters. The predicted molar refractivity (Wildman–Crippen MR) is 78.3 cm³/mol. The van der Waals surface area contributed by atoms with Crippen molar-refractivity contribution in [2.45, 2.75) is 33.2 Å². The van der Waals surface area contributed by atoms with E-state index in [0.29, 0.717) is 12.0 Å². The summed E-state index contributed by atoms with van der Waals surface area (Å²) < 4.78 is 1.49. The van der Waals surface area contributed by atoms with Crippen molar-refractivity contribution in [1.82, 2.24) is 15.1 Å². The molecule has 1 aromatic rings. The molecule has 0 aromatic carbocycles. The number of aryl methyl sites for hydroxylation is 1. The molecule has 7 heteroatoms. The van der Waals surface area contributed by atoms with Crippen molar-refractivity contribution in [3.63, 3.8) is 0 Å². The van der Waals surface area contributed by atoms with Crippen LogP contribution in [0.4, 0.5) is 0 Å². The maximum atomic E-state index is 12.3. The molecular weight excluding hydrogens is 272 g/mol. The molecule has 0 fully saturated rings. The molecule has 2 unspecified atom stereocenters. The summed E-state index contributed by atoms with van der Waals surface area (Å²) in [5.74, 6) is -1.88. The minimum atomic E-state index is -1.12. The van der Waals surface area contributed by atoms with Gasteiger partial charge >= 0.3 is 5.97 Å². The highest BCUT2D eigenvalue weighted by Crippen LogP contribution is 2.24. The second-order valence-electron chi connectivity index (χ2n) is 6.42. The Labute approximate surface area is 124 Å². The number of nitrogens with two attached hydrogens (primary N) is 1. The van der Waals surface area contributed by atoms with Crippen molar-refractivity contribution >= 4 is 11.9 Å². The fourth-order valence-electron chi connectivity index (χ4n) is 2.16. The van der Waals surface area contributed by atoms with Crippen LogP contribution in [0.2, 0.25) is 0 Å². The molecule has 0 bridgehead atoms. The van der Waals surface area contributed by atoms with Gasteiger partial charge in [-0.2, -0.15) is 5.10 Å². The first-order valence-electron chi connectivity index (χ1n) is 6.86.